The van der Waals surface area contributed by atoms with Gasteiger partial charge in [0.05, 0.1) is 17.5 Å². The highest BCUT2D eigenvalue weighted by atomic mass is 19.1. The number of ether oxygens (including phenoxy) is 1. The second-order valence-corrected chi connectivity index (χ2v) is 6.66. The summed E-state index contributed by atoms with van der Waals surface area (Å²) in [7, 11) is 0. The molecule has 1 aromatic rings. The predicted molar refractivity (Wildman–Crippen MR) is 92.6 cm³/mol. The number of halogens is 2. The van der Waals surface area contributed by atoms with Gasteiger partial charge in [0, 0.05) is 6.07 Å². The number of likely N-dealkylation sites (tertiary alicyclic amines) is 1. The van der Waals surface area contributed by atoms with Gasteiger partial charge in [-0.2, -0.15) is 0 Å². The van der Waals surface area contributed by atoms with Crippen LogP contribution in [-0.4, -0.2) is 41.2 Å². The summed E-state index contributed by atoms with van der Waals surface area (Å²) in [4.78, 5) is 49.6. The lowest BCUT2D eigenvalue weighted by Gasteiger charge is -2.17. The van der Waals surface area contributed by atoms with Crippen LogP contribution in [0, 0.1) is 23.5 Å². The van der Waals surface area contributed by atoms with Crippen LogP contribution in [0.3, 0.4) is 0 Å². The molecule has 7 nitrogen and oxygen atoms in total. The summed E-state index contributed by atoms with van der Waals surface area (Å²) in [6.07, 6.45) is 3.20. The van der Waals surface area contributed by atoms with Crippen molar-refractivity contribution in [2.45, 2.75) is 25.9 Å². The molecular weight excluding hydrogens is 374 g/mol. The molecule has 0 unspecified atom stereocenters. The Kier molecular flexibility index (Phi) is 5.53. The van der Waals surface area contributed by atoms with Crippen molar-refractivity contribution in [3.8, 4) is 0 Å². The van der Waals surface area contributed by atoms with Gasteiger partial charge in [-0.05, 0) is 31.9 Å². The fraction of sp³-hybridized carbons (Fsp3) is 0.368. The first-order valence-corrected chi connectivity index (χ1v) is 8.73. The minimum absolute atomic E-state index is 0.394. The molecular formula is C19H18F2N2O5. The molecule has 148 valence electrons. The van der Waals surface area contributed by atoms with E-state index >= 15 is 0 Å². The number of hydrogen-bond donors (Lipinski definition) is 1. The Balaban J connectivity index is 1.57. The first-order valence-electron chi connectivity index (χ1n) is 8.73. The molecule has 3 rings (SSSR count). The van der Waals surface area contributed by atoms with E-state index in [0.29, 0.717) is 12.8 Å². The number of nitrogens with one attached hydrogen (secondary N) is 1. The SMILES string of the molecule is C[C@@H](OC(=O)CN1C(=O)[C@H]2CC=CC[C@H]2C1=O)C(=O)Nc1cc(F)ccc1F. The van der Waals surface area contributed by atoms with Gasteiger partial charge in [-0.1, -0.05) is 12.2 Å². The Labute approximate surface area is 159 Å². The monoisotopic (exact) mass is 392 g/mol. The van der Waals surface area contributed by atoms with Crippen molar-refractivity contribution in [1.29, 1.82) is 0 Å². The van der Waals surface area contributed by atoms with Gasteiger partial charge < -0.3 is 10.1 Å². The van der Waals surface area contributed by atoms with Crippen LogP contribution >= 0.6 is 0 Å². The van der Waals surface area contributed by atoms with Crippen molar-refractivity contribution < 1.29 is 32.7 Å². The van der Waals surface area contributed by atoms with E-state index in [1.165, 1.54) is 6.92 Å². The quantitative estimate of drug-likeness (QED) is 0.469. The zero-order chi connectivity index (χ0) is 20.4. The number of allylic oxidation sites excluding steroid dienone is 2. The van der Waals surface area contributed by atoms with Crippen LogP contribution in [0.2, 0.25) is 0 Å². The van der Waals surface area contributed by atoms with E-state index in [2.05, 4.69) is 5.32 Å². The van der Waals surface area contributed by atoms with Gasteiger partial charge >= 0.3 is 5.97 Å². The lowest BCUT2D eigenvalue weighted by Crippen LogP contribution is -2.39. The molecule has 1 fully saturated rings. The largest absolute Gasteiger partial charge is 0.451 e. The summed E-state index contributed by atoms with van der Waals surface area (Å²) in [5, 5.41) is 2.12. The van der Waals surface area contributed by atoms with Crippen LogP contribution < -0.4 is 5.32 Å². The van der Waals surface area contributed by atoms with Gasteiger partial charge in [0.2, 0.25) is 11.8 Å². The second-order valence-electron chi connectivity index (χ2n) is 6.66. The molecule has 0 saturated carbocycles. The molecule has 1 aromatic carbocycles. The number of carbonyl (C=O) groups is 4. The Bertz CT molecular complexity index is 844. The van der Waals surface area contributed by atoms with Crippen molar-refractivity contribution in [2.24, 2.45) is 11.8 Å². The Morgan fingerprint density at radius 3 is 2.39 bits per heavy atom. The maximum absolute atomic E-state index is 13.6. The van der Waals surface area contributed by atoms with Crippen molar-refractivity contribution in [3.05, 3.63) is 42.0 Å². The van der Waals surface area contributed by atoms with E-state index in [1.54, 1.807) is 0 Å². The summed E-state index contributed by atoms with van der Waals surface area (Å²) in [6, 6.07) is 2.53. The number of imide groups is 1. The van der Waals surface area contributed by atoms with E-state index in [0.717, 1.165) is 23.1 Å². The number of anilines is 1. The van der Waals surface area contributed by atoms with Crippen molar-refractivity contribution >= 4 is 29.4 Å². The molecule has 28 heavy (non-hydrogen) atoms. The molecule has 0 radical (unpaired) electrons. The van der Waals surface area contributed by atoms with Gasteiger partial charge in [-0.15, -0.1) is 0 Å². The number of esters is 1. The third-order valence-electron chi connectivity index (χ3n) is 4.75. The van der Waals surface area contributed by atoms with Gasteiger partial charge in [0.25, 0.3) is 5.91 Å². The number of carbonyl (C=O) groups excluding carboxylic acids is 4. The molecule has 0 aromatic heterocycles. The summed E-state index contributed by atoms with van der Waals surface area (Å²) < 4.78 is 31.7. The van der Waals surface area contributed by atoms with Crippen LogP contribution in [-0.2, 0) is 23.9 Å². The average molecular weight is 392 g/mol. The number of rotatable bonds is 5. The topological polar surface area (TPSA) is 92.8 Å². The molecule has 9 heteroatoms. The third kappa shape index (κ3) is 3.92. The van der Waals surface area contributed by atoms with Crippen molar-refractivity contribution in [3.63, 3.8) is 0 Å². The summed E-state index contributed by atoms with van der Waals surface area (Å²) in [5.41, 5.74) is -0.394. The highest BCUT2D eigenvalue weighted by molar-refractivity contribution is 6.07. The second kappa shape index (κ2) is 7.87. The van der Waals surface area contributed by atoms with Crippen molar-refractivity contribution in [2.75, 3.05) is 11.9 Å². The van der Waals surface area contributed by atoms with Crippen LogP contribution in [0.4, 0.5) is 14.5 Å². The average Bonchev–Trinajstić information content (AvgIpc) is 2.90. The fourth-order valence-corrected chi connectivity index (χ4v) is 3.27. The zero-order valence-corrected chi connectivity index (χ0v) is 15.0. The minimum Gasteiger partial charge on any atom is -0.451 e. The smallest absolute Gasteiger partial charge is 0.326 e. The highest BCUT2D eigenvalue weighted by Gasteiger charge is 2.47. The molecule has 3 amide bonds. The molecule has 1 N–H and O–H groups in total. The molecule has 1 saturated heterocycles. The van der Waals surface area contributed by atoms with Gasteiger partial charge in [-0.3, -0.25) is 24.1 Å². The van der Waals surface area contributed by atoms with Gasteiger partial charge in [0.15, 0.2) is 6.10 Å². The molecule has 0 bridgehead atoms. The summed E-state index contributed by atoms with van der Waals surface area (Å²) in [6.45, 7) is 0.637. The molecule has 1 aliphatic carbocycles. The molecule has 1 aliphatic heterocycles. The maximum Gasteiger partial charge on any atom is 0.326 e. The lowest BCUT2D eigenvalue weighted by molar-refractivity contribution is -0.158. The molecule has 2 aliphatic rings. The van der Waals surface area contributed by atoms with E-state index in [4.69, 9.17) is 4.74 Å². The molecule has 1 heterocycles. The summed E-state index contributed by atoms with van der Waals surface area (Å²) >= 11 is 0. The van der Waals surface area contributed by atoms with E-state index in [9.17, 15) is 28.0 Å². The maximum atomic E-state index is 13.6. The number of benzene rings is 1. The Morgan fingerprint density at radius 2 is 1.79 bits per heavy atom. The first kappa shape index (κ1) is 19.7. The van der Waals surface area contributed by atoms with Crippen LogP contribution in [0.15, 0.2) is 30.4 Å². The highest BCUT2D eigenvalue weighted by Crippen LogP contribution is 2.34. The van der Waals surface area contributed by atoms with Gasteiger partial charge in [0.1, 0.15) is 18.2 Å². The number of amides is 3. The summed E-state index contributed by atoms with van der Waals surface area (Å²) in [5.74, 6) is -5.24. The van der Waals surface area contributed by atoms with E-state index in [-0.39, 0.29) is 0 Å². The van der Waals surface area contributed by atoms with Crippen LogP contribution in [0.5, 0.6) is 0 Å². The number of hydrogen-bond acceptors (Lipinski definition) is 5. The van der Waals surface area contributed by atoms with E-state index in [1.807, 2.05) is 12.2 Å². The number of nitrogens with zero attached hydrogens (tertiary/aromatic N) is 1. The van der Waals surface area contributed by atoms with Crippen LogP contribution in [0.25, 0.3) is 0 Å². The molecule has 0 spiro atoms. The van der Waals surface area contributed by atoms with Crippen molar-refractivity contribution in [1.82, 2.24) is 4.90 Å². The number of fused-ring (bicyclic) bond motifs is 1. The Morgan fingerprint density at radius 1 is 1.18 bits per heavy atom. The third-order valence-corrected chi connectivity index (χ3v) is 4.75. The lowest BCUT2D eigenvalue weighted by atomic mass is 9.85. The van der Waals surface area contributed by atoms with Crippen LogP contribution in [0.1, 0.15) is 19.8 Å². The minimum atomic E-state index is -1.34. The predicted octanol–water partition coefficient (Wildman–Crippen LogP) is 1.79. The fourth-order valence-electron chi connectivity index (χ4n) is 3.27. The zero-order valence-electron chi connectivity index (χ0n) is 15.0. The van der Waals surface area contributed by atoms with E-state index < -0.39 is 65.5 Å². The van der Waals surface area contributed by atoms with Gasteiger partial charge in [-0.25, -0.2) is 8.78 Å². The normalized spacial score (nSPS) is 22.0. The first-order chi connectivity index (χ1) is 13.3. The standard InChI is InChI=1S/C19H18F2N2O5/c1-10(17(25)22-15-8-11(20)6-7-14(15)21)28-16(24)9-23-18(26)12-4-2-3-5-13(12)19(23)27/h2-3,6-8,10,12-13H,4-5,9H2,1H3,(H,22,25)/t10-,12-,13+/m1/s1. The Hall–Kier alpha value is -3.10. The molecule has 3 atom stereocenters.